The van der Waals surface area contributed by atoms with Crippen molar-refractivity contribution in [3.05, 3.63) is 5.82 Å². The van der Waals surface area contributed by atoms with Gasteiger partial charge in [0.2, 0.25) is 0 Å². The Morgan fingerprint density at radius 3 is 2.75 bits per heavy atom. The molecule has 1 aliphatic carbocycles. The number of hydrogen-bond acceptors (Lipinski definition) is 4. The van der Waals surface area contributed by atoms with Gasteiger partial charge < -0.3 is 5.32 Å². The third-order valence-electron chi connectivity index (χ3n) is 2.56. The molecule has 5 heteroatoms. The fourth-order valence-corrected chi connectivity index (χ4v) is 1.52. The van der Waals surface area contributed by atoms with Crippen LogP contribution in [0.2, 0.25) is 0 Å². The number of aromatic nitrogens is 4. The fourth-order valence-electron chi connectivity index (χ4n) is 1.52. The van der Waals surface area contributed by atoms with E-state index in [-0.39, 0.29) is 0 Å². The third kappa shape index (κ3) is 0.859. The van der Waals surface area contributed by atoms with Crippen LogP contribution < -0.4 is 5.32 Å². The zero-order valence-electron chi connectivity index (χ0n) is 6.77. The standard InChI is InChI=1S/C7H11N5/c1-2-6(1)12-7(9-10-11-12)5-3-8-4-5/h5-6,8H,1-4H2. The lowest BCUT2D eigenvalue weighted by Crippen LogP contribution is -2.41. The van der Waals surface area contributed by atoms with E-state index in [1.807, 2.05) is 4.68 Å². The van der Waals surface area contributed by atoms with E-state index in [4.69, 9.17) is 0 Å². The molecule has 0 amide bonds. The van der Waals surface area contributed by atoms with E-state index in [1.54, 1.807) is 0 Å². The summed E-state index contributed by atoms with van der Waals surface area (Å²) in [6, 6.07) is 0.607. The maximum Gasteiger partial charge on any atom is 0.157 e. The summed E-state index contributed by atoms with van der Waals surface area (Å²) in [5, 5.41) is 15.0. The molecule has 0 aromatic carbocycles. The molecule has 0 spiro atoms. The Hall–Kier alpha value is -0.970. The van der Waals surface area contributed by atoms with E-state index >= 15 is 0 Å². The first-order valence-electron chi connectivity index (χ1n) is 4.43. The first kappa shape index (κ1) is 6.54. The summed E-state index contributed by atoms with van der Waals surface area (Å²) in [7, 11) is 0. The van der Waals surface area contributed by atoms with Gasteiger partial charge in [-0.1, -0.05) is 0 Å². The second-order valence-corrected chi connectivity index (χ2v) is 3.57. The van der Waals surface area contributed by atoms with Crippen LogP contribution >= 0.6 is 0 Å². The van der Waals surface area contributed by atoms with Gasteiger partial charge in [0.05, 0.1) is 6.04 Å². The molecule has 0 bridgehead atoms. The van der Waals surface area contributed by atoms with Crippen LogP contribution in [-0.2, 0) is 0 Å². The smallest absolute Gasteiger partial charge is 0.157 e. The number of hydrogen-bond donors (Lipinski definition) is 1. The first-order valence-corrected chi connectivity index (χ1v) is 4.43. The van der Waals surface area contributed by atoms with Crippen molar-refractivity contribution in [2.75, 3.05) is 13.1 Å². The molecule has 0 unspecified atom stereocenters. The van der Waals surface area contributed by atoms with E-state index in [0.29, 0.717) is 12.0 Å². The lowest BCUT2D eigenvalue weighted by molar-refractivity contribution is 0.406. The molecule has 1 aromatic heterocycles. The second kappa shape index (κ2) is 2.26. The molecule has 12 heavy (non-hydrogen) atoms. The SMILES string of the molecule is C1NCC1c1nnnn1C1CC1. The van der Waals surface area contributed by atoms with Gasteiger partial charge in [0, 0.05) is 19.0 Å². The van der Waals surface area contributed by atoms with Gasteiger partial charge in [-0.3, -0.25) is 0 Å². The van der Waals surface area contributed by atoms with Gasteiger partial charge in [-0.05, 0) is 23.3 Å². The topological polar surface area (TPSA) is 55.6 Å². The minimum absolute atomic E-state index is 0.556. The van der Waals surface area contributed by atoms with Crippen LogP contribution in [0.3, 0.4) is 0 Å². The summed E-state index contributed by atoms with van der Waals surface area (Å²) in [5.74, 6) is 1.64. The predicted octanol–water partition coefficient (Wildman–Crippen LogP) is -0.305. The molecule has 0 radical (unpaired) electrons. The Morgan fingerprint density at radius 1 is 1.33 bits per heavy atom. The molecule has 2 fully saturated rings. The van der Waals surface area contributed by atoms with Gasteiger partial charge in [0.25, 0.3) is 0 Å². The normalized spacial score (nSPS) is 24.0. The average Bonchev–Trinajstić information content (AvgIpc) is 2.70. The molecule has 64 valence electrons. The first-order chi connectivity index (χ1) is 5.95. The summed E-state index contributed by atoms with van der Waals surface area (Å²) in [6.45, 7) is 2.07. The van der Waals surface area contributed by atoms with Crippen molar-refractivity contribution in [2.45, 2.75) is 24.8 Å². The highest BCUT2D eigenvalue weighted by Crippen LogP contribution is 2.36. The zero-order valence-corrected chi connectivity index (χ0v) is 6.77. The number of nitrogens with one attached hydrogen (secondary N) is 1. The summed E-state index contributed by atoms with van der Waals surface area (Å²) >= 11 is 0. The Kier molecular flexibility index (Phi) is 1.23. The molecule has 1 saturated carbocycles. The predicted molar refractivity (Wildman–Crippen MR) is 41.7 cm³/mol. The van der Waals surface area contributed by atoms with Crippen LogP contribution in [0.25, 0.3) is 0 Å². The average molecular weight is 165 g/mol. The molecule has 1 N–H and O–H groups in total. The maximum atomic E-state index is 4.06. The van der Waals surface area contributed by atoms with Gasteiger partial charge >= 0.3 is 0 Å². The van der Waals surface area contributed by atoms with Crippen LogP contribution in [0.5, 0.6) is 0 Å². The Labute approximate surface area is 70.1 Å². The summed E-state index contributed by atoms with van der Waals surface area (Å²) in [5.41, 5.74) is 0. The van der Waals surface area contributed by atoms with Crippen LogP contribution in [0.15, 0.2) is 0 Å². The lowest BCUT2D eigenvalue weighted by atomic mass is 10.0. The summed E-state index contributed by atoms with van der Waals surface area (Å²) in [4.78, 5) is 0. The van der Waals surface area contributed by atoms with E-state index in [0.717, 1.165) is 18.9 Å². The monoisotopic (exact) mass is 165 g/mol. The van der Waals surface area contributed by atoms with Crippen molar-refractivity contribution < 1.29 is 0 Å². The maximum absolute atomic E-state index is 4.06. The minimum atomic E-state index is 0.556. The van der Waals surface area contributed by atoms with Crippen molar-refractivity contribution in [3.8, 4) is 0 Å². The Bertz CT molecular complexity index is 286. The highest BCUT2D eigenvalue weighted by atomic mass is 15.6. The fraction of sp³-hybridized carbons (Fsp3) is 0.857. The summed E-state index contributed by atoms with van der Waals surface area (Å²) in [6.07, 6.45) is 2.50. The van der Waals surface area contributed by atoms with Gasteiger partial charge in [0.1, 0.15) is 0 Å². The Balaban J connectivity index is 1.91. The molecule has 5 nitrogen and oxygen atoms in total. The van der Waals surface area contributed by atoms with E-state index in [2.05, 4.69) is 20.8 Å². The van der Waals surface area contributed by atoms with E-state index in [1.165, 1.54) is 12.8 Å². The van der Waals surface area contributed by atoms with E-state index < -0.39 is 0 Å². The van der Waals surface area contributed by atoms with Crippen molar-refractivity contribution >= 4 is 0 Å². The molecule has 2 aliphatic rings. The van der Waals surface area contributed by atoms with Crippen molar-refractivity contribution in [1.82, 2.24) is 25.5 Å². The Morgan fingerprint density at radius 2 is 2.17 bits per heavy atom. The van der Waals surface area contributed by atoms with Gasteiger partial charge in [-0.15, -0.1) is 5.10 Å². The molecular formula is C7H11N5. The van der Waals surface area contributed by atoms with Crippen LogP contribution in [0.1, 0.15) is 30.6 Å². The van der Waals surface area contributed by atoms with Gasteiger partial charge in [0.15, 0.2) is 5.82 Å². The molecular weight excluding hydrogens is 154 g/mol. The number of rotatable bonds is 2. The van der Waals surface area contributed by atoms with E-state index in [9.17, 15) is 0 Å². The van der Waals surface area contributed by atoms with Gasteiger partial charge in [-0.25, -0.2) is 4.68 Å². The summed E-state index contributed by atoms with van der Waals surface area (Å²) < 4.78 is 2.01. The molecule has 3 rings (SSSR count). The number of tetrazole rings is 1. The van der Waals surface area contributed by atoms with Gasteiger partial charge in [-0.2, -0.15) is 0 Å². The van der Waals surface area contributed by atoms with Crippen molar-refractivity contribution in [1.29, 1.82) is 0 Å². The molecule has 2 heterocycles. The molecule has 1 aromatic rings. The third-order valence-corrected chi connectivity index (χ3v) is 2.56. The van der Waals surface area contributed by atoms with Crippen LogP contribution in [0, 0.1) is 0 Å². The molecule has 0 atom stereocenters. The zero-order chi connectivity index (χ0) is 7.97. The highest BCUT2D eigenvalue weighted by molar-refractivity contribution is 5.04. The number of nitrogens with zero attached hydrogens (tertiary/aromatic N) is 4. The van der Waals surface area contributed by atoms with Crippen molar-refractivity contribution in [2.24, 2.45) is 0 Å². The lowest BCUT2D eigenvalue weighted by Gasteiger charge is -2.25. The van der Waals surface area contributed by atoms with Crippen molar-refractivity contribution in [3.63, 3.8) is 0 Å². The minimum Gasteiger partial charge on any atom is -0.315 e. The largest absolute Gasteiger partial charge is 0.315 e. The molecule has 1 saturated heterocycles. The second-order valence-electron chi connectivity index (χ2n) is 3.57. The molecule has 1 aliphatic heterocycles. The quantitative estimate of drug-likeness (QED) is 0.653. The highest BCUT2D eigenvalue weighted by Gasteiger charge is 2.32. The van der Waals surface area contributed by atoms with Crippen LogP contribution in [0.4, 0.5) is 0 Å². The van der Waals surface area contributed by atoms with Crippen LogP contribution in [-0.4, -0.2) is 33.3 Å².